The van der Waals surface area contributed by atoms with Crippen LogP contribution in [0.3, 0.4) is 0 Å². The number of alkyl halides is 3. The number of carbonyl (C=O) groups is 1. The first kappa shape index (κ1) is 17.3. The van der Waals surface area contributed by atoms with Crippen molar-refractivity contribution >= 4 is 17.7 Å². The van der Waals surface area contributed by atoms with Gasteiger partial charge in [0.25, 0.3) is 0 Å². The molecule has 0 saturated carbocycles. The number of carbonyl (C=O) groups excluding carboxylic acids is 1. The molecule has 0 saturated heterocycles. The van der Waals surface area contributed by atoms with Crippen LogP contribution in [0.25, 0.3) is 11.3 Å². The minimum absolute atomic E-state index is 0.128. The molecule has 2 aromatic rings. The van der Waals surface area contributed by atoms with E-state index in [9.17, 15) is 18.0 Å². The predicted molar refractivity (Wildman–Crippen MR) is 79.8 cm³/mol. The van der Waals surface area contributed by atoms with Crippen LogP contribution in [0.2, 0.25) is 0 Å². The van der Waals surface area contributed by atoms with Crippen molar-refractivity contribution in [2.45, 2.75) is 23.5 Å². The summed E-state index contributed by atoms with van der Waals surface area (Å²) in [6.45, 7) is 1.52. The maximum absolute atomic E-state index is 13.0. The van der Waals surface area contributed by atoms with E-state index in [4.69, 9.17) is 0 Å². The normalized spacial score (nSPS) is 12.7. The largest absolute Gasteiger partial charge is 0.468 e. The molecule has 1 aromatic heterocycles. The van der Waals surface area contributed by atoms with Crippen LogP contribution in [-0.4, -0.2) is 28.3 Å². The molecular weight excluding hydrogens is 329 g/mol. The zero-order valence-electron chi connectivity index (χ0n) is 12.3. The molecule has 0 aliphatic rings. The first-order chi connectivity index (χ1) is 10.8. The highest BCUT2D eigenvalue weighted by Gasteiger charge is 2.34. The summed E-state index contributed by atoms with van der Waals surface area (Å²) in [5, 5.41) is -0.844. The van der Waals surface area contributed by atoms with Gasteiger partial charge in [-0.05, 0) is 13.0 Å². The summed E-state index contributed by atoms with van der Waals surface area (Å²) in [7, 11) is 1.21. The summed E-state index contributed by atoms with van der Waals surface area (Å²) in [5.41, 5.74) is -0.369. The van der Waals surface area contributed by atoms with Crippen molar-refractivity contribution in [2.24, 2.45) is 0 Å². The number of ether oxygens (including phenoxy) is 1. The van der Waals surface area contributed by atoms with Gasteiger partial charge in [-0.3, -0.25) is 4.79 Å². The van der Waals surface area contributed by atoms with Crippen LogP contribution in [0.15, 0.2) is 41.6 Å². The molecule has 0 aliphatic carbocycles. The van der Waals surface area contributed by atoms with Gasteiger partial charge in [0.1, 0.15) is 10.9 Å². The van der Waals surface area contributed by atoms with Crippen molar-refractivity contribution in [1.82, 2.24) is 9.97 Å². The number of halogens is 3. The highest BCUT2D eigenvalue weighted by Crippen LogP contribution is 2.32. The van der Waals surface area contributed by atoms with E-state index in [-0.39, 0.29) is 10.9 Å². The summed E-state index contributed by atoms with van der Waals surface area (Å²) >= 11 is 0.819. The minimum atomic E-state index is -4.60. The number of aromatic nitrogens is 2. The Bertz CT molecular complexity index is 693. The van der Waals surface area contributed by atoms with E-state index < -0.39 is 23.1 Å². The third-order valence-corrected chi connectivity index (χ3v) is 3.82. The molecule has 0 aliphatic heterocycles. The number of hydrogen-bond acceptors (Lipinski definition) is 5. The fourth-order valence-electron chi connectivity index (χ4n) is 1.75. The van der Waals surface area contributed by atoms with Crippen LogP contribution in [0, 0.1) is 0 Å². The summed E-state index contributed by atoms with van der Waals surface area (Å²) in [5.74, 6) is -0.558. The van der Waals surface area contributed by atoms with Gasteiger partial charge in [0, 0.05) is 5.56 Å². The first-order valence-corrected chi connectivity index (χ1v) is 7.45. The van der Waals surface area contributed by atoms with Crippen molar-refractivity contribution in [3.8, 4) is 11.3 Å². The summed E-state index contributed by atoms with van der Waals surface area (Å²) in [6, 6.07) is 9.36. The van der Waals surface area contributed by atoms with E-state index >= 15 is 0 Å². The Balaban J connectivity index is 2.44. The Morgan fingerprint density at radius 3 is 2.43 bits per heavy atom. The lowest BCUT2D eigenvalue weighted by atomic mass is 10.1. The summed E-state index contributed by atoms with van der Waals surface area (Å²) < 4.78 is 43.7. The Hall–Kier alpha value is -2.09. The van der Waals surface area contributed by atoms with Gasteiger partial charge in [-0.25, -0.2) is 9.97 Å². The molecule has 1 aromatic carbocycles. The van der Waals surface area contributed by atoms with Crippen LogP contribution in [0.1, 0.15) is 12.6 Å². The maximum Gasteiger partial charge on any atom is 0.433 e. The molecule has 122 valence electrons. The Labute approximate surface area is 135 Å². The lowest BCUT2D eigenvalue weighted by molar-refractivity contribution is -0.141. The second kappa shape index (κ2) is 6.99. The molecule has 0 fully saturated rings. The van der Waals surface area contributed by atoms with Crippen molar-refractivity contribution in [3.63, 3.8) is 0 Å². The van der Waals surface area contributed by atoms with E-state index in [1.165, 1.54) is 14.0 Å². The van der Waals surface area contributed by atoms with Gasteiger partial charge in [0.2, 0.25) is 0 Å². The van der Waals surface area contributed by atoms with Crippen molar-refractivity contribution in [2.75, 3.05) is 7.11 Å². The zero-order chi connectivity index (χ0) is 17.0. The fourth-order valence-corrected chi connectivity index (χ4v) is 2.56. The molecule has 0 amide bonds. The number of nitrogens with zero attached hydrogens (tertiary/aromatic N) is 2. The average molecular weight is 342 g/mol. The quantitative estimate of drug-likeness (QED) is 0.480. The fraction of sp³-hybridized carbons (Fsp3) is 0.267. The monoisotopic (exact) mass is 342 g/mol. The molecule has 1 heterocycles. The number of methoxy groups -OCH3 is 1. The minimum Gasteiger partial charge on any atom is -0.468 e. The Kier molecular flexibility index (Phi) is 5.25. The van der Waals surface area contributed by atoms with Gasteiger partial charge in [-0.15, -0.1) is 0 Å². The SMILES string of the molecule is COC(=O)[C@H](C)Sc1nc(-c2ccccc2)cc(C(F)(F)F)n1. The molecule has 0 bridgehead atoms. The highest BCUT2D eigenvalue weighted by molar-refractivity contribution is 8.00. The Morgan fingerprint density at radius 1 is 1.22 bits per heavy atom. The maximum atomic E-state index is 13.0. The summed E-state index contributed by atoms with van der Waals surface area (Å²) in [4.78, 5) is 19.1. The predicted octanol–water partition coefficient (Wildman–Crippen LogP) is 3.82. The highest BCUT2D eigenvalue weighted by atomic mass is 32.2. The average Bonchev–Trinajstić information content (AvgIpc) is 2.53. The molecule has 0 unspecified atom stereocenters. The van der Waals surface area contributed by atoms with Crippen LogP contribution in [-0.2, 0) is 15.7 Å². The lowest BCUT2D eigenvalue weighted by Crippen LogP contribution is -2.16. The van der Waals surface area contributed by atoms with Crippen LogP contribution in [0.4, 0.5) is 13.2 Å². The molecule has 2 rings (SSSR count). The molecule has 1 atom stereocenters. The smallest absolute Gasteiger partial charge is 0.433 e. The van der Waals surface area contributed by atoms with Gasteiger partial charge in [0.05, 0.1) is 12.8 Å². The van der Waals surface area contributed by atoms with Crippen LogP contribution >= 0.6 is 11.8 Å². The Morgan fingerprint density at radius 2 is 1.87 bits per heavy atom. The van der Waals surface area contributed by atoms with E-state index in [2.05, 4.69) is 14.7 Å². The van der Waals surface area contributed by atoms with E-state index in [0.29, 0.717) is 5.56 Å². The van der Waals surface area contributed by atoms with E-state index in [1.54, 1.807) is 30.3 Å². The molecular formula is C15H13F3N2O2S. The molecule has 8 heteroatoms. The van der Waals surface area contributed by atoms with Crippen LogP contribution < -0.4 is 0 Å². The molecule has 0 N–H and O–H groups in total. The van der Waals surface area contributed by atoms with Gasteiger partial charge >= 0.3 is 12.1 Å². The molecule has 0 radical (unpaired) electrons. The van der Waals surface area contributed by atoms with Crippen molar-refractivity contribution in [1.29, 1.82) is 0 Å². The van der Waals surface area contributed by atoms with Gasteiger partial charge < -0.3 is 4.74 Å². The van der Waals surface area contributed by atoms with E-state index in [0.717, 1.165) is 17.8 Å². The van der Waals surface area contributed by atoms with Gasteiger partial charge in [-0.1, -0.05) is 42.1 Å². The number of esters is 1. The second-order valence-electron chi connectivity index (χ2n) is 4.57. The van der Waals surface area contributed by atoms with Crippen molar-refractivity contribution < 1.29 is 22.7 Å². The standard InChI is InChI=1S/C15H13F3N2O2S/c1-9(13(21)22-2)23-14-19-11(10-6-4-3-5-7-10)8-12(20-14)15(16,17)18/h3-9H,1-2H3/t9-/m0/s1. The van der Waals surface area contributed by atoms with Crippen LogP contribution in [0.5, 0.6) is 0 Å². The van der Waals surface area contributed by atoms with Gasteiger partial charge in [-0.2, -0.15) is 13.2 Å². The lowest BCUT2D eigenvalue weighted by Gasteiger charge is -2.12. The summed E-state index contributed by atoms with van der Waals surface area (Å²) in [6.07, 6.45) is -4.60. The number of benzene rings is 1. The van der Waals surface area contributed by atoms with E-state index in [1.807, 2.05) is 0 Å². The third-order valence-electron chi connectivity index (χ3n) is 2.88. The topological polar surface area (TPSA) is 52.1 Å². The third kappa shape index (κ3) is 4.44. The number of thioether (sulfide) groups is 1. The number of hydrogen-bond donors (Lipinski definition) is 0. The molecule has 4 nitrogen and oxygen atoms in total. The zero-order valence-corrected chi connectivity index (χ0v) is 13.1. The second-order valence-corrected chi connectivity index (χ2v) is 5.88. The molecule has 23 heavy (non-hydrogen) atoms. The first-order valence-electron chi connectivity index (χ1n) is 6.57. The molecule has 0 spiro atoms. The number of rotatable bonds is 4. The van der Waals surface area contributed by atoms with Gasteiger partial charge in [0.15, 0.2) is 5.16 Å². The van der Waals surface area contributed by atoms with Crippen molar-refractivity contribution in [3.05, 3.63) is 42.1 Å².